The van der Waals surface area contributed by atoms with Crippen LogP contribution in [-0.4, -0.2) is 31.9 Å². The summed E-state index contributed by atoms with van der Waals surface area (Å²) < 4.78 is 30.7. The van der Waals surface area contributed by atoms with Gasteiger partial charge in [0, 0.05) is 21.6 Å². The van der Waals surface area contributed by atoms with E-state index in [4.69, 9.17) is 4.74 Å². The van der Waals surface area contributed by atoms with Crippen LogP contribution in [0.2, 0.25) is 0 Å². The van der Waals surface area contributed by atoms with Gasteiger partial charge in [-0.15, -0.1) is 11.8 Å². The SMILES string of the molecule is CSc1ccc(Sc2cc3c(cc2NS(C)(=O)=O)COC3=O)nc1. The molecule has 24 heavy (non-hydrogen) atoms. The minimum atomic E-state index is -3.45. The lowest BCUT2D eigenvalue weighted by Crippen LogP contribution is -2.11. The van der Waals surface area contributed by atoms with Gasteiger partial charge < -0.3 is 4.74 Å². The minimum Gasteiger partial charge on any atom is -0.457 e. The third-order valence-electron chi connectivity index (χ3n) is 3.24. The fourth-order valence-electron chi connectivity index (χ4n) is 2.18. The van der Waals surface area contributed by atoms with Crippen molar-refractivity contribution < 1.29 is 17.9 Å². The molecule has 0 bridgehead atoms. The number of sulfonamides is 1. The van der Waals surface area contributed by atoms with Gasteiger partial charge >= 0.3 is 5.97 Å². The van der Waals surface area contributed by atoms with Crippen LogP contribution < -0.4 is 4.72 Å². The van der Waals surface area contributed by atoms with Crippen molar-refractivity contribution >= 4 is 45.2 Å². The number of benzene rings is 1. The minimum absolute atomic E-state index is 0.151. The van der Waals surface area contributed by atoms with Crippen molar-refractivity contribution in [2.45, 2.75) is 21.4 Å². The standard InChI is InChI=1S/C15H14N2O4S3/c1-22-10-3-4-14(16-7-10)23-13-6-11-9(8-21-15(11)18)5-12(13)17-24(2,19)20/h3-7,17H,8H2,1-2H3. The van der Waals surface area contributed by atoms with Crippen molar-refractivity contribution in [1.82, 2.24) is 4.98 Å². The summed E-state index contributed by atoms with van der Waals surface area (Å²) in [6.45, 7) is 0.151. The summed E-state index contributed by atoms with van der Waals surface area (Å²) >= 11 is 2.87. The Morgan fingerprint density at radius 2 is 2.08 bits per heavy atom. The third kappa shape index (κ3) is 3.85. The number of carbonyl (C=O) groups excluding carboxylic acids is 1. The molecule has 0 fully saturated rings. The molecule has 0 amide bonds. The summed E-state index contributed by atoms with van der Waals surface area (Å²) in [7, 11) is -3.45. The van der Waals surface area contributed by atoms with Crippen LogP contribution in [0.4, 0.5) is 5.69 Å². The van der Waals surface area contributed by atoms with Crippen LogP contribution >= 0.6 is 23.5 Å². The normalized spacial score (nSPS) is 13.5. The van der Waals surface area contributed by atoms with Crippen molar-refractivity contribution in [3.05, 3.63) is 41.6 Å². The first-order chi connectivity index (χ1) is 11.4. The topological polar surface area (TPSA) is 85.4 Å². The van der Waals surface area contributed by atoms with Crippen LogP contribution in [0.3, 0.4) is 0 Å². The van der Waals surface area contributed by atoms with Crippen molar-refractivity contribution in [1.29, 1.82) is 0 Å². The largest absolute Gasteiger partial charge is 0.457 e. The van der Waals surface area contributed by atoms with Gasteiger partial charge in [-0.05, 0) is 30.5 Å². The molecule has 126 valence electrons. The lowest BCUT2D eigenvalue weighted by atomic mass is 10.1. The van der Waals surface area contributed by atoms with E-state index in [1.165, 1.54) is 11.8 Å². The predicted molar refractivity (Wildman–Crippen MR) is 94.2 cm³/mol. The second kappa shape index (κ2) is 6.66. The first kappa shape index (κ1) is 17.1. The van der Waals surface area contributed by atoms with E-state index in [-0.39, 0.29) is 6.61 Å². The Morgan fingerprint density at radius 1 is 1.29 bits per heavy atom. The van der Waals surface area contributed by atoms with Crippen LogP contribution in [0.25, 0.3) is 0 Å². The molecule has 1 aromatic heterocycles. The average molecular weight is 382 g/mol. The zero-order chi connectivity index (χ0) is 17.3. The van der Waals surface area contributed by atoms with Crippen molar-refractivity contribution in [2.75, 3.05) is 17.2 Å². The fourth-order valence-corrected chi connectivity index (χ4v) is 4.04. The molecule has 0 atom stereocenters. The number of rotatable bonds is 5. The number of thioether (sulfide) groups is 1. The lowest BCUT2D eigenvalue weighted by Gasteiger charge is -2.12. The molecule has 1 aliphatic heterocycles. The maximum atomic E-state index is 11.8. The van der Waals surface area contributed by atoms with Gasteiger partial charge in [-0.3, -0.25) is 4.72 Å². The number of anilines is 1. The molecule has 6 nitrogen and oxygen atoms in total. The number of nitrogens with one attached hydrogen (secondary N) is 1. The number of hydrogen-bond donors (Lipinski definition) is 1. The first-order valence-electron chi connectivity index (χ1n) is 6.85. The van der Waals surface area contributed by atoms with Crippen molar-refractivity contribution in [3.63, 3.8) is 0 Å². The summed E-state index contributed by atoms with van der Waals surface area (Å²) in [5.74, 6) is -0.400. The predicted octanol–water partition coefficient (Wildman–Crippen LogP) is 3.00. The van der Waals surface area contributed by atoms with Crippen molar-refractivity contribution in [2.24, 2.45) is 0 Å². The Labute approximate surface area is 148 Å². The van der Waals surface area contributed by atoms with E-state index in [0.29, 0.717) is 26.7 Å². The van der Waals surface area contributed by atoms with E-state index in [2.05, 4.69) is 9.71 Å². The Hall–Kier alpha value is -1.71. The molecule has 0 saturated heterocycles. The Balaban J connectivity index is 2.00. The number of pyridine rings is 1. The second-order valence-corrected chi connectivity index (χ2v) is 8.78. The number of nitrogens with zero attached hydrogens (tertiary/aromatic N) is 1. The molecule has 2 heterocycles. The molecule has 2 aromatic rings. The van der Waals surface area contributed by atoms with Crippen LogP contribution in [0.1, 0.15) is 15.9 Å². The molecule has 0 aliphatic carbocycles. The molecule has 0 saturated carbocycles. The fraction of sp³-hybridized carbons (Fsp3) is 0.200. The number of carbonyl (C=O) groups is 1. The van der Waals surface area contributed by atoms with E-state index in [1.807, 2.05) is 18.4 Å². The van der Waals surface area contributed by atoms with Crippen LogP contribution in [0, 0.1) is 0 Å². The zero-order valence-electron chi connectivity index (χ0n) is 12.9. The smallest absolute Gasteiger partial charge is 0.338 e. The average Bonchev–Trinajstić information content (AvgIpc) is 2.87. The van der Waals surface area contributed by atoms with Gasteiger partial charge in [0.25, 0.3) is 0 Å². The van der Waals surface area contributed by atoms with Crippen LogP contribution in [-0.2, 0) is 21.4 Å². The highest BCUT2D eigenvalue weighted by molar-refractivity contribution is 7.99. The molecular formula is C15H14N2O4S3. The quantitative estimate of drug-likeness (QED) is 0.628. The maximum Gasteiger partial charge on any atom is 0.338 e. The van der Waals surface area contributed by atoms with Gasteiger partial charge in [-0.1, -0.05) is 11.8 Å². The molecule has 0 unspecified atom stereocenters. The van der Waals surface area contributed by atoms with E-state index < -0.39 is 16.0 Å². The monoisotopic (exact) mass is 382 g/mol. The molecule has 3 rings (SSSR count). The highest BCUT2D eigenvalue weighted by Gasteiger charge is 2.24. The molecular weight excluding hydrogens is 368 g/mol. The van der Waals surface area contributed by atoms with E-state index in [1.54, 1.807) is 30.1 Å². The molecule has 0 radical (unpaired) electrons. The Kier molecular flexibility index (Phi) is 4.75. The number of ether oxygens (including phenoxy) is 1. The molecule has 1 aliphatic rings. The van der Waals surface area contributed by atoms with Gasteiger partial charge in [-0.25, -0.2) is 18.2 Å². The van der Waals surface area contributed by atoms with Crippen LogP contribution in [0.5, 0.6) is 0 Å². The van der Waals surface area contributed by atoms with Gasteiger partial charge in [0.05, 0.1) is 17.5 Å². The Bertz CT molecular complexity index is 896. The molecule has 9 heteroatoms. The first-order valence-corrected chi connectivity index (χ1v) is 10.8. The number of fused-ring (bicyclic) bond motifs is 1. The van der Waals surface area contributed by atoms with E-state index in [9.17, 15) is 13.2 Å². The highest BCUT2D eigenvalue weighted by atomic mass is 32.2. The summed E-state index contributed by atoms with van der Waals surface area (Å²) in [5.41, 5.74) is 1.54. The number of aromatic nitrogens is 1. The maximum absolute atomic E-state index is 11.8. The zero-order valence-corrected chi connectivity index (χ0v) is 15.3. The van der Waals surface area contributed by atoms with Gasteiger partial charge in [0.15, 0.2) is 0 Å². The second-order valence-electron chi connectivity index (χ2n) is 5.09. The summed E-state index contributed by atoms with van der Waals surface area (Å²) in [6.07, 6.45) is 4.80. The third-order valence-corrected chi connectivity index (χ3v) is 5.55. The van der Waals surface area contributed by atoms with Gasteiger partial charge in [0.2, 0.25) is 10.0 Å². The molecule has 1 aromatic carbocycles. The summed E-state index contributed by atoms with van der Waals surface area (Å²) in [6, 6.07) is 7.07. The molecule has 0 spiro atoms. The molecule has 1 N–H and O–H groups in total. The van der Waals surface area contributed by atoms with Gasteiger partial charge in [0.1, 0.15) is 11.6 Å². The summed E-state index contributed by atoms with van der Waals surface area (Å²) in [5, 5.41) is 0.704. The number of cyclic esters (lactones) is 1. The van der Waals surface area contributed by atoms with E-state index in [0.717, 1.165) is 11.2 Å². The van der Waals surface area contributed by atoms with Crippen molar-refractivity contribution in [3.8, 4) is 0 Å². The lowest BCUT2D eigenvalue weighted by molar-refractivity contribution is 0.0535. The van der Waals surface area contributed by atoms with Gasteiger partial charge in [-0.2, -0.15) is 0 Å². The number of hydrogen-bond acceptors (Lipinski definition) is 7. The van der Waals surface area contributed by atoms with Crippen LogP contribution in [0.15, 0.2) is 45.3 Å². The summed E-state index contributed by atoms with van der Waals surface area (Å²) in [4.78, 5) is 17.7. The highest BCUT2D eigenvalue weighted by Crippen LogP contribution is 2.37. The van der Waals surface area contributed by atoms with E-state index >= 15 is 0 Å². The Morgan fingerprint density at radius 3 is 2.71 bits per heavy atom. The number of esters is 1.